The number of hydrogen-bond donors (Lipinski definition) is 1. The second kappa shape index (κ2) is 6.42. The fourth-order valence-electron chi connectivity index (χ4n) is 2.86. The molecule has 1 N–H and O–H groups in total. The first-order valence-corrected chi connectivity index (χ1v) is 6.90. The van der Waals surface area contributed by atoms with E-state index in [2.05, 4.69) is 12.2 Å². The molecule has 0 aliphatic heterocycles. The van der Waals surface area contributed by atoms with Crippen molar-refractivity contribution in [2.45, 2.75) is 39.2 Å². The van der Waals surface area contributed by atoms with Crippen molar-refractivity contribution in [1.82, 2.24) is 5.32 Å². The highest BCUT2D eigenvalue weighted by molar-refractivity contribution is 5.19. The van der Waals surface area contributed by atoms with Crippen molar-refractivity contribution in [1.29, 1.82) is 0 Å². The summed E-state index contributed by atoms with van der Waals surface area (Å²) in [6, 6.07) is 1.54. The van der Waals surface area contributed by atoms with Gasteiger partial charge in [-0.1, -0.05) is 19.8 Å². The third-order valence-electron chi connectivity index (χ3n) is 3.88. The summed E-state index contributed by atoms with van der Waals surface area (Å²) in [7, 11) is 0. The lowest BCUT2D eigenvalue weighted by Crippen LogP contribution is -2.26. The van der Waals surface area contributed by atoms with Crippen LogP contribution in [0.1, 0.15) is 38.2 Å². The molecule has 1 aliphatic rings. The molecule has 0 bridgehead atoms. The maximum atomic E-state index is 13.4. The minimum Gasteiger partial charge on any atom is -0.312 e. The topological polar surface area (TPSA) is 12.0 Å². The van der Waals surface area contributed by atoms with Crippen LogP contribution in [0.3, 0.4) is 0 Å². The Morgan fingerprint density at radius 1 is 1.11 bits per heavy atom. The van der Waals surface area contributed by atoms with Gasteiger partial charge in [-0.05, 0) is 37.3 Å². The van der Waals surface area contributed by atoms with Crippen LogP contribution in [0, 0.1) is 29.3 Å². The summed E-state index contributed by atoms with van der Waals surface area (Å²) < 4.78 is 39.2. The second-order valence-corrected chi connectivity index (χ2v) is 5.63. The summed E-state index contributed by atoms with van der Waals surface area (Å²) in [4.78, 5) is 0. The molecule has 0 saturated heterocycles. The molecule has 2 atom stereocenters. The van der Waals surface area contributed by atoms with E-state index in [0.717, 1.165) is 18.5 Å². The molecule has 0 aromatic heterocycles. The first-order chi connectivity index (χ1) is 9.06. The monoisotopic (exact) mass is 271 g/mol. The lowest BCUT2D eigenvalue weighted by molar-refractivity contribution is 0.273. The first-order valence-electron chi connectivity index (χ1n) is 6.90. The van der Waals surface area contributed by atoms with Crippen molar-refractivity contribution >= 4 is 0 Å². The van der Waals surface area contributed by atoms with Crippen LogP contribution in [-0.2, 0) is 6.54 Å². The van der Waals surface area contributed by atoms with Crippen LogP contribution < -0.4 is 5.32 Å². The third-order valence-corrected chi connectivity index (χ3v) is 3.88. The molecule has 1 saturated carbocycles. The largest absolute Gasteiger partial charge is 0.312 e. The van der Waals surface area contributed by atoms with E-state index in [-0.39, 0.29) is 12.1 Å². The van der Waals surface area contributed by atoms with Gasteiger partial charge in [0.15, 0.2) is 11.6 Å². The fraction of sp³-hybridized carbons (Fsp3) is 0.600. The molecule has 4 heteroatoms. The Morgan fingerprint density at radius 3 is 2.58 bits per heavy atom. The predicted octanol–water partition coefficient (Wildman–Crippen LogP) is 4.02. The Hall–Kier alpha value is -1.03. The van der Waals surface area contributed by atoms with Crippen molar-refractivity contribution in [3.8, 4) is 0 Å². The Kier molecular flexibility index (Phi) is 4.86. The summed E-state index contributed by atoms with van der Waals surface area (Å²) >= 11 is 0. The number of rotatable bonds is 4. The second-order valence-electron chi connectivity index (χ2n) is 5.63. The molecular weight excluding hydrogens is 251 g/mol. The van der Waals surface area contributed by atoms with Crippen LogP contribution in [-0.4, -0.2) is 6.54 Å². The molecule has 1 aromatic carbocycles. The van der Waals surface area contributed by atoms with E-state index in [1.807, 2.05) is 0 Å². The van der Waals surface area contributed by atoms with Gasteiger partial charge >= 0.3 is 0 Å². The van der Waals surface area contributed by atoms with Crippen molar-refractivity contribution in [3.05, 3.63) is 35.1 Å². The fourth-order valence-corrected chi connectivity index (χ4v) is 2.86. The molecule has 1 nitrogen and oxygen atoms in total. The van der Waals surface area contributed by atoms with Gasteiger partial charge in [-0.2, -0.15) is 0 Å². The van der Waals surface area contributed by atoms with Crippen molar-refractivity contribution in [3.63, 3.8) is 0 Å². The molecule has 2 rings (SSSR count). The third kappa shape index (κ3) is 3.96. The Bertz CT molecular complexity index is 434. The van der Waals surface area contributed by atoms with Crippen molar-refractivity contribution in [2.24, 2.45) is 11.8 Å². The lowest BCUT2D eigenvalue weighted by Gasteiger charge is -2.26. The van der Waals surface area contributed by atoms with Gasteiger partial charge < -0.3 is 5.32 Å². The molecule has 0 amide bonds. The zero-order chi connectivity index (χ0) is 13.8. The van der Waals surface area contributed by atoms with E-state index in [1.165, 1.54) is 25.7 Å². The highest BCUT2D eigenvalue weighted by atomic mass is 19.2. The Morgan fingerprint density at radius 2 is 1.84 bits per heavy atom. The van der Waals surface area contributed by atoms with Crippen LogP contribution in [0.2, 0.25) is 0 Å². The maximum absolute atomic E-state index is 13.4. The highest BCUT2D eigenvalue weighted by Crippen LogP contribution is 2.28. The summed E-state index contributed by atoms with van der Waals surface area (Å²) in [6.45, 7) is 3.30. The molecule has 1 aliphatic carbocycles. The van der Waals surface area contributed by atoms with Crippen LogP contribution in [0.4, 0.5) is 13.2 Å². The van der Waals surface area contributed by atoms with Gasteiger partial charge in [0.2, 0.25) is 0 Å². The van der Waals surface area contributed by atoms with Gasteiger partial charge in [0.1, 0.15) is 5.82 Å². The van der Waals surface area contributed by atoms with Gasteiger partial charge in [-0.25, -0.2) is 13.2 Å². The van der Waals surface area contributed by atoms with Crippen molar-refractivity contribution < 1.29 is 13.2 Å². The molecule has 0 heterocycles. The standard InChI is InChI=1S/C15H20F3N/c1-10-3-2-4-11(5-10)8-19-9-12-6-14(17)15(18)7-13(12)16/h6-7,10-11,19H,2-5,8-9H2,1H3. The molecule has 1 fully saturated rings. The van der Waals surface area contributed by atoms with Crippen molar-refractivity contribution in [2.75, 3.05) is 6.54 Å². The summed E-state index contributed by atoms with van der Waals surface area (Å²) in [5, 5.41) is 3.15. The number of hydrogen-bond acceptors (Lipinski definition) is 1. The number of benzene rings is 1. The van der Waals surface area contributed by atoms with E-state index in [9.17, 15) is 13.2 Å². The minimum atomic E-state index is -1.14. The number of nitrogens with one attached hydrogen (secondary N) is 1. The zero-order valence-electron chi connectivity index (χ0n) is 11.2. The van der Waals surface area contributed by atoms with E-state index in [0.29, 0.717) is 12.0 Å². The lowest BCUT2D eigenvalue weighted by atomic mass is 9.82. The molecule has 0 spiro atoms. The molecule has 1 aromatic rings. The molecular formula is C15H20F3N. The van der Waals surface area contributed by atoms with Crippen LogP contribution in [0.25, 0.3) is 0 Å². The number of halogens is 3. The molecule has 2 unspecified atom stereocenters. The minimum absolute atomic E-state index is 0.183. The average molecular weight is 271 g/mol. The summed E-state index contributed by atoms with van der Waals surface area (Å²) in [5.74, 6) is -1.46. The predicted molar refractivity (Wildman–Crippen MR) is 69.1 cm³/mol. The van der Waals surface area contributed by atoms with Gasteiger partial charge in [0, 0.05) is 18.2 Å². The SMILES string of the molecule is CC1CCCC(CNCc2cc(F)c(F)cc2F)C1. The summed E-state index contributed by atoms with van der Waals surface area (Å²) in [6.07, 6.45) is 4.91. The smallest absolute Gasteiger partial charge is 0.161 e. The summed E-state index contributed by atoms with van der Waals surface area (Å²) in [5.41, 5.74) is 0.183. The van der Waals surface area contributed by atoms with E-state index in [1.54, 1.807) is 0 Å². The van der Waals surface area contributed by atoms with E-state index in [4.69, 9.17) is 0 Å². The first kappa shape index (κ1) is 14.4. The normalized spacial score (nSPS) is 23.6. The zero-order valence-corrected chi connectivity index (χ0v) is 11.2. The molecule has 0 radical (unpaired) electrons. The van der Waals surface area contributed by atoms with Gasteiger partial charge in [0.25, 0.3) is 0 Å². The van der Waals surface area contributed by atoms with Crippen LogP contribution in [0.5, 0.6) is 0 Å². The maximum Gasteiger partial charge on any atom is 0.161 e. The van der Waals surface area contributed by atoms with E-state index >= 15 is 0 Å². The van der Waals surface area contributed by atoms with Crippen LogP contribution in [0.15, 0.2) is 12.1 Å². The Labute approximate surface area is 112 Å². The van der Waals surface area contributed by atoms with Gasteiger partial charge in [0.05, 0.1) is 0 Å². The highest BCUT2D eigenvalue weighted by Gasteiger charge is 2.18. The average Bonchev–Trinajstić information content (AvgIpc) is 2.35. The van der Waals surface area contributed by atoms with Crippen LogP contribution >= 0.6 is 0 Å². The Balaban J connectivity index is 1.84. The molecule has 19 heavy (non-hydrogen) atoms. The van der Waals surface area contributed by atoms with E-state index < -0.39 is 17.5 Å². The quantitative estimate of drug-likeness (QED) is 0.816. The van der Waals surface area contributed by atoms with Gasteiger partial charge in [-0.3, -0.25) is 0 Å². The molecule has 106 valence electrons. The van der Waals surface area contributed by atoms with Gasteiger partial charge in [-0.15, -0.1) is 0 Å².